The molecule has 0 aliphatic heterocycles. The Labute approximate surface area is 140 Å². The number of benzene rings is 1. The van der Waals surface area contributed by atoms with Gasteiger partial charge in [-0.15, -0.1) is 0 Å². The molecular weight excluding hydrogens is 312 g/mol. The van der Waals surface area contributed by atoms with Gasteiger partial charge in [0.1, 0.15) is 6.04 Å². The molecule has 1 aromatic carbocycles. The average molecular weight is 334 g/mol. The Balaban J connectivity index is 2.07. The quantitative estimate of drug-likeness (QED) is 0.469. The molecule has 1 aliphatic rings. The maximum Gasteiger partial charge on any atom is 0.328 e. The van der Waals surface area contributed by atoms with Gasteiger partial charge in [0, 0.05) is 24.5 Å². The summed E-state index contributed by atoms with van der Waals surface area (Å²) >= 11 is 0. The summed E-state index contributed by atoms with van der Waals surface area (Å²) in [6.45, 7) is 0. The molecule has 0 radical (unpaired) electrons. The largest absolute Gasteiger partial charge is 0.467 e. The smallest absolute Gasteiger partial charge is 0.328 e. The van der Waals surface area contributed by atoms with E-state index in [1.807, 2.05) is 0 Å². The number of nitro benzene ring substituents is 1. The van der Waals surface area contributed by atoms with E-state index in [0.29, 0.717) is 17.9 Å². The first-order valence-corrected chi connectivity index (χ1v) is 8.10. The molecule has 1 saturated carbocycles. The van der Waals surface area contributed by atoms with Crippen LogP contribution in [0, 0.1) is 16.0 Å². The van der Waals surface area contributed by atoms with Crippen molar-refractivity contribution in [1.29, 1.82) is 0 Å². The SMILES string of the molecule is COC(=O)[C@@H](Cc1ccccc1[N+](=O)[O-])NC(=O)CC1CCCC1. The van der Waals surface area contributed by atoms with Crippen molar-refractivity contribution in [2.45, 2.75) is 44.6 Å². The Morgan fingerprint density at radius 2 is 2.00 bits per heavy atom. The number of nitrogens with zero attached hydrogens (tertiary/aromatic N) is 1. The van der Waals surface area contributed by atoms with Crippen LogP contribution in [0.2, 0.25) is 0 Å². The van der Waals surface area contributed by atoms with Crippen molar-refractivity contribution < 1.29 is 19.2 Å². The average Bonchev–Trinajstić information content (AvgIpc) is 3.06. The highest BCUT2D eigenvalue weighted by molar-refractivity contribution is 5.84. The van der Waals surface area contributed by atoms with Crippen LogP contribution in [0.1, 0.15) is 37.7 Å². The monoisotopic (exact) mass is 334 g/mol. The normalized spacial score (nSPS) is 15.7. The fraction of sp³-hybridized carbons (Fsp3) is 0.529. The highest BCUT2D eigenvalue weighted by Gasteiger charge is 2.27. The lowest BCUT2D eigenvalue weighted by Crippen LogP contribution is -2.43. The summed E-state index contributed by atoms with van der Waals surface area (Å²) in [6, 6.07) is 5.26. The first kappa shape index (κ1) is 17.9. The van der Waals surface area contributed by atoms with E-state index in [1.54, 1.807) is 18.2 Å². The molecule has 130 valence electrons. The topological polar surface area (TPSA) is 98.5 Å². The van der Waals surface area contributed by atoms with Crippen molar-refractivity contribution >= 4 is 17.6 Å². The third-order valence-electron chi connectivity index (χ3n) is 4.38. The van der Waals surface area contributed by atoms with E-state index in [0.717, 1.165) is 25.7 Å². The number of para-hydroxylation sites is 1. The van der Waals surface area contributed by atoms with Gasteiger partial charge in [-0.2, -0.15) is 0 Å². The van der Waals surface area contributed by atoms with Gasteiger partial charge in [-0.25, -0.2) is 4.79 Å². The number of carbonyl (C=O) groups is 2. The van der Waals surface area contributed by atoms with Gasteiger partial charge in [-0.3, -0.25) is 14.9 Å². The molecule has 1 amide bonds. The lowest BCUT2D eigenvalue weighted by Gasteiger charge is -2.18. The summed E-state index contributed by atoms with van der Waals surface area (Å²) in [4.78, 5) is 34.8. The van der Waals surface area contributed by atoms with Crippen LogP contribution in [-0.2, 0) is 20.7 Å². The molecule has 7 nitrogen and oxygen atoms in total. The number of amides is 1. The molecule has 1 N–H and O–H groups in total. The molecule has 1 atom stereocenters. The molecule has 1 fully saturated rings. The summed E-state index contributed by atoms with van der Waals surface area (Å²) in [5.41, 5.74) is 0.315. The van der Waals surface area contributed by atoms with Gasteiger partial charge in [-0.05, 0) is 18.8 Å². The first-order valence-electron chi connectivity index (χ1n) is 8.10. The van der Waals surface area contributed by atoms with Crippen LogP contribution in [0.3, 0.4) is 0 Å². The number of nitro groups is 1. The molecule has 0 heterocycles. The number of esters is 1. The van der Waals surface area contributed by atoms with Crippen LogP contribution in [0.25, 0.3) is 0 Å². The molecule has 0 unspecified atom stereocenters. The van der Waals surface area contributed by atoms with E-state index in [1.165, 1.54) is 13.2 Å². The summed E-state index contributed by atoms with van der Waals surface area (Å²) in [7, 11) is 1.23. The van der Waals surface area contributed by atoms with Crippen molar-refractivity contribution in [3.05, 3.63) is 39.9 Å². The van der Waals surface area contributed by atoms with E-state index in [9.17, 15) is 19.7 Å². The maximum atomic E-state index is 12.2. The zero-order chi connectivity index (χ0) is 17.5. The standard InChI is InChI=1S/C17H22N2O5/c1-24-17(21)14(18-16(20)10-12-6-2-3-7-12)11-13-8-4-5-9-15(13)19(22)23/h4-5,8-9,12,14H,2-3,6-7,10-11H2,1H3,(H,18,20)/t14-/m1/s1. The summed E-state index contributed by atoms with van der Waals surface area (Å²) in [5.74, 6) is -0.460. The zero-order valence-electron chi connectivity index (χ0n) is 13.7. The Bertz CT molecular complexity index is 611. The van der Waals surface area contributed by atoms with E-state index < -0.39 is 16.9 Å². The van der Waals surface area contributed by atoms with Crippen molar-refractivity contribution in [3.8, 4) is 0 Å². The number of hydrogen-bond donors (Lipinski definition) is 1. The minimum atomic E-state index is -0.926. The molecule has 0 aromatic heterocycles. The van der Waals surface area contributed by atoms with Crippen LogP contribution >= 0.6 is 0 Å². The molecule has 0 spiro atoms. The third-order valence-corrected chi connectivity index (χ3v) is 4.38. The van der Waals surface area contributed by atoms with Gasteiger partial charge >= 0.3 is 5.97 Å². The predicted molar refractivity (Wildman–Crippen MR) is 87.3 cm³/mol. The lowest BCUT2D eigenvalue weighted by molar-refractivity contribution is -0.385. The fourth-order valence-corrected chi connectivity index (χ4v) is 3.15. The second-order valence-corrected chi connectivity index (χ2v) is 6.09. The lowest BCUT2D eigenvalue weighted by atomic mass is 10.0. The zero-order valence-corrected chi connectivity index (χ0v) is 13.7. The Hall–Kier alpha value is -2.44. The summed E-state index contributed by atoms with van der Waals surface area (Å²) in [6.07, 6.45) is 4.73. The summed E-state index contributed by atoms with van der Waals surface area (Å²) in [5, 5.41) is 13.8. The predicted octanol–water partition coefficient (Wildman–Crippen LogP) is 2.38. The van der Waals surface area contributed by atoms with Crippen LogP contribution in [0.4, 0.5) is 5.69 Å². The molecular formula is C17H22N2O5. The highest BCUT2D eigenvalue weighted by atomic mass is 16.6. The second kappa shape index (κ2) is 8.42. The maximum absolute atomic E-state index is 12.2. The van der Waals surface area contributed by atoms with Crippen molar-refractivity contribution in [3.63, 3.8) is 0 Å². The molecule has 0 bridgehead atoms. The van der Waals surface area contributed by atoms with E-state index in [2.05, 4.69) is 5.32 Å². The van der Waals surface area contributed by atoms with Crippen LogP contribution < -0.4 is 5.32 Å². The second-order valence-electron chi connectivity index (χ2n) is 6.09. The van der Waals surface area contributed by atoms with Crippen LogP contribution in [-0.4, -0.2) is 30.0 Å². The Morgan fingerprint density at radius 3 is 2.62 bits per heavy atom. The molecule has 0 saturated heterocycles. The van der Waals surface area contributed by atoms with Gasteiger partial charge < -0.3 is 10.1 Å². The number of ether oxygens (including phenoxy) is 1. The molecule has 1 aliphatic carbocycles. The van der Waals surface area contributed by atoms with Crippen molar-refractivity contribution in [1.82, 2.24) is 5.32 Å². The van der Waals surface area contributed by atoms with Crippen molar-refractivity contribution in [2.75, 3.05) is 7.11 Å². The molecule has 7 heteroatoms. The number of rotatable bonds is 7. The van der Waals surface area contributed by atoms with E-state index in [4.69, 9.17) is 4.74 Å². The number of hydrogen-bond acceptors (Lipinski definition) is 5. The van der Waals surface area contributed by atoms with E-state index >= 15 is 0 Å². The van der Waals surface area contributed by atoms with Gasteiger partial charge in [0.15, 0.2) is 0 Å². The van der Waals surface area contributed by atoms with Gasteiger partial charge in [0.25, 0.3) is 5.69 Å². The third kappa shape index (κ3) is 4.78. The minimum absolute atomic E-state index is 0.0280. The van der Waals surface area contributed by atoms with Crippen molar-refractivity contribution in [2.24, 2.45) is 5.92 Å². The van der Waals surface area contributed by atoms with Gasteiger partial charge in [0.05, 0.1) is 12.0 Å². The van der Waals surface area contributed by atoms with Crippen LogP contribution in [0.5, 0.6) is 0 Å². The fourth-order valence-electron chi connectivity index (χ4n) is 3.15. The molecule has 2 rings (SSSR count). The van der Waals surface area contributed by atoms with Crippen LogP contribution in [0.15, 0.2) is 24.3 Å². The minimum Gasteiger partial charge on any atom is -0.467 e. The Kier molecular flexibility index (Phi) is 6.28. The first-order chi connectivity index (χ1) is 11.5. The van der Waals surface area contributed by atoms with Gasteiger partial charge in [0.2, 0.25) is 5.91 Å². The number of carbonyl (C=O) groups excluding carboxylic acids is 2. The number of methoxy groups -OCH3 is 1. The number of nitrogens with one attached hydrogen (secondary N) is 1. The molecule has 24 heavy (non-hydrogen) atoms. The van der Waals surface area contributed by atoms with Gasteiger partial charge in [-0.1, -0.05) is 31.0 Å². The molecule has 1 aromatic rings. The summed E-state index contributed by atoms with van der Waals surface area (Å²) < 4.78 is 4.73. The van der Waals surface area contributed by atoms with E-state index in [-0.39, 0.29) is 18.0 Å². The Morgan fingerprint density at radius 1 is 1.33 bits per heavy atom. The highest BCUT2D eigenvalue weighted by Crippen LogP contribution is 2.27.